The molecule has 0 unspecified atom stereocenters. The van der Waals surface area contributed by atoms with Gasteiger partial charge in [-0.25, -0.2) is 0 Å². The average Bonchev–Trinajstić information content (AvgIpc) is 2.73. The van der Waals surface area contributed by atoms with Gasteiger partial charge in [0.25, 0.3) is 0 Å². The second-order valence-corrected chi connectivity index (χ2v) is 4.75. The molecular weight excluding hydrogens is 301 g/mol. The van der Waals surface area contributed by atoms with Gasteiger partial charge < -0.3 is 10.1 Å². The molecule has 0 fully saturated rings. The quantitative estimate of drug-likeness (QED) is 0.688. The van der Waals surface area contributed by atoms with Gasteiger partial charge in [-0.3, -0.25) is 0 Å². The van der Waals surface area contributed by atoms with Crippen LogP contribution >= 0.6 is 23.2 Å². The largest absolute Gasteiger partial charge is 0.493 e. The number of nitrogens with zero attached hydrogens (tertiary/aromatic N) is 4. The third-order valence-corrected chi connectivity index (χ3v) is 3.02. The van der Waals surface area contributed by atoms with Gasteiger partial charge in [-0.05, 0) is 30.3 Å². The molecule has 3 aromatic rings. The van der Waals surface area contributed by atoms with E-state index in [1.165, 1.54) is 0 Å². The van der Waals surface area contributed by atoms with E-state index in [1.54, 1.807) is 30.3 Å². The molecule has 0 radical (unpaired) electrons. The first-order valence-corrected chi connectivity index (χ1v) is 6.30. The van der Waals surface area contributed by atoms with Gasteiger partial charge in [0, 0.05) is 10.4 Å². The van der Waals surface area contributed by atoms with Crippen LogP contribution in [0, 0.1) is 0 Å². The van der Waals surface area contributed by atoms with Crippen molar-refractivity contribution in [2.24, 2.45) is 10.2 Å². The molecule has 2 aromatic heterocycles. The van der Waals surface area contributed by atoms with E-state index in [1.807, 2.05) is 0 Å². The molecule has 0 atom stereocenters. The zero-order chi connectivity index (χ0) is 14.1. The number of rotatable bonds is 2. The maximum absolute atomic E-state index is 9.84. The molecule has 0 spiro atoms. The van der Waals surface area contributed by atoms with Crippen LogP contribution in [0.25, 0.3) is 10.9 Å². The maximum atomic E-state index is 9.84. The Labute approximate surface area is 123 Å². The zero-order valence-electron chi connectivity index (χ0n) is 9.88. The molecule has 1 aromatic carbocycles. The molecule has 20 heavy (non-hydrogen) atoms. The number of azo groups is 1. The van der Waals surface area contributed by atoms with Crippen molar-refractivity contribution in [2.75, 3.05) is 0 Å². The molecular formula is C12H7Cl2N5O. The van der Waals surface area contributed by atoms with Crippen molar-refractivity contribution in [3.05, 3.63) is 40.5 Å². The number of hydrogen-bond donors (Lipinski definition) is 2. The molecule has 8 heteroatoms. The van der Waals surface area contributed by atoms with E-state index >= 15 is 0 Å². The van der Waals surface area contributed by atoms with Crippen molar-refractivity contribution in [2.45, 2.75) is 0 Å². The van der Waals surface area contributed by atoms with E-state index in [0.29, 0.717) is 21.6 Å². The van der Waals surface area contributed by atoms with E-state index in [0.717, 1.165) is 0 Å². The standard InChI is InChI=1S/C12H7Cl2N5O/c13-6-1-2-8-7(5-6)11(12(20)15-8)19-18-10-4-3-9(14)16-17-10/h1-5,15,20H. The summed E-state index contributed by atoms with van der Waals surface area (Å²) >= 11 is 11.6. The molecule has 0 bridgehead atoms. The fourth-order valence-electron chi connectivity index (χ4n) is 1.70. The number of H-pyrrole nitrogens is 1. The third-order valence-electron chi connectivity index (χ3n) is 2.58. The first kappa shape index (κ1) is 12.8. The summed E-state index contributed by atoms with van der Waals surface area (Å²) in [5.74, 6) is 0.193. The molecule has 3 rings (SSSR count). The summed E-state index contributed by atoms with van der Waals surface area (Å²) in [7, 11) is 0. The van der Waals surface area contributed by atoms with Crippen molar-refractivity contribution in [3.63, 3.8) is 0 Å². The van der Waals surface area contributed by atoms with Gasteiger partial charge in [-0.1, -0.05) is 23.2 Å². The minimum Gasteiger partial charge on any atom is -0.493 e. The molecule has 0 aliphatic rings. The summed E-state index contributed by atoms with van der Waals surface area (Å²) in [6.45, 7) is 0. The number of fused-ring (bicyclic) bond motifs is 1. The minimum absolute atomic E-state index is 0.0899. The van der Waals surface area contributed by atoms with Crippen molar-refractivity contribution in [1.29, 1.82) is 0 Å². The number of benzene rings is 1. The topological polar surface area (TPSA) is 86.5 Å². The lowest BCUT2D eigenvalue weighted by atomic mass is 10.2. The van der Waals surface area contributed by atoms with Crippen LogP contribution < -0.4 is 0 Å². The van der Waals surface area contributed by atoms with Gasteiger partial charge in [0.2, 0.25) is 5.88 Å². The van der Waals surface area contributed by atoms with Gasteiger partial charge in [0.15, 0.2) is 16.7 Å². The van der Waals surface area contributed by atoms with Crippen LogP contribution in [0.3, 0.4) is 0 Å². The van der Waals surface area contributed by atoms with E-state index < -0.39 is 0 Å². The number of hydrogen-bond acceptors (Lipinski definition) is 5. The first-order valence-electron chi connectivity index (χ1n) is 5.54. The predicted octanol–water partition coefficient (Wildman–Crippen LogP) is 4.39. The zero-order valence-corrected chi connectivity index (χ0v) is 11.4. The Kier molecular flexibility index (Phi) is 3.25. The van der Waals surface area contributed by atoms with Crippen LogP contribution in [0.15, 0.2) is 40.6 Å². The molecule has 6 nitrogen and oxygen atoms in total. The van der Waals surface area contributed by atoms with Crippen LogP contribution in [0.2, 0.25) is 10.2 Å². The first-order chi connectivity index (χ1) is 9.63. The van der Waals surface area contributed by atoms with E-state index in [2.05, 4.69) is 25.4 Å². The van der Waals surface area contributed by atoms with Crippen LogP contribution in [0.4, 0.5) is 11.5 Å². The Morgan fingerprint density at radius 2 is 1.90 bits per heavy atom. The fourth-order valence-corrected chi connectivity index (χ4v) is 1.97. The van der Waals surface area contributed by atoms with Gasteiger partial charge in [0.1, 0.15) is 0 Å². The fraction of sp³-hybridized carbons (Fsp3) is 0. The van der Waals surface area contributed by atoms with Crippen molar-refractivity contribution >= 4 is 45.6 Å². The van der Waals surface area contributed by atoms with Crippen molar-refractivity contribution in [3.8, 4) is 5.88 Å². The van der Waals surface area contributed by atoms with Gasteiger partial charge >= 0.3 is 0 Å². The summed E-state index contributed by atoms with van der Waals surface area (Å²) in [6, 6.07) is 8.27. The summed E-state index contributed by atoms with van der Waals surface area (Å²) in [5, 5.41) is 26.6. The van der Waals surface area contributed by atoms with Gasteiger partial charge in [-0.15, -0.1) is 20.4 Å². The normalized spacial score (nSPS) is 11.5. The van der Waals surface area contributed by atoms with E-state index in [-0.39, 0.29) is 16.9 Å². The SMILES string of the molecule is Oc1[nH]c2ccc(Cl)cc2c1N=Nc1ccc(Cl)nn1. The van der Waals surface area contributed by atoms with Crippen molar-refractivity contribution in [1.82, 2.24) is 15.2 Å². The average molecular weight is 308 g/mol. The predicted molar refractivity (Wildman–Crippen MR) is 76.2 cm³/mol. The van der Waals surface area contributed by atoms with Crippen LogP contribution in [-0.4, -0.2) is 20.3 Å². The molecule has 100 valence electrons. The Bertz CT molecular complexity index is 797. The smallest absolute Gasteiger partial charge is 0.218 e. The van der Waals surface area contributed by atoms with Crippen LogP contribution in [0.5, 0.6) is 5.88 Å². The second kappa shape index (κ2) is 5.07. The molecule has 0 aliphatic carbocycles. The summed E-state index contributed by atoms with van der Waals surface area (Å²) in [5.41, 5.74) is 1.00. The highest BCUT2D eigenvalue weighted by atomic mass is 35.5. The Hall–Kier alpha value is -2.18. The highest BCUT2D eigenvalue weighted by Crippen LogP contribution is 2.37. The molecule has 0 saturated heterocycles. The lowest BCUT2D eigenvalue weighted by Gasteiger charge is -1.93. The number of halogens is 2. The monoisotopic (exact) mass is 307 g/mol. The van der Waals surface area contributed by atoms with Crippen molar-refractivity contribution < 1.29 is 5.11 Å². The molecule has 0 amide bonds. The summed E-state index contributed by atoms with van der Waals surface area (Å²) in [4.78, 5) is 2.79. The third kappa shape index (κ3) is 2.43. The lowest BCUT2D eigenvalue weighted by molar-refractivity contribution is 0.459. The minimum atomic E-state index is -0.0899. The highest BCUT2D eigenvalue weighted by molar-refractivity contribution is 6.31. The maximum Gasteiger partial charge on any atom is 0.218 e. The number of aromatic hydroxyl groups is 1. The summed E-state index contributed by atoms with van der Waals surface area (Å²) < 4.78 is 0. The molecule has 2 heterocycles. The number of aromatic nitrogens is 3. The Morgan fingerprint density at radius 1 is 1.05 bits per heavy atom. The number of aromatic amines is 1. The highest BCUT2D eigenvalue weighted by Gasteiger charge is 2.10. The molecule has 0 saturated carbocycles. The Balaban J connectivity index is 2.03. The summed E-state index contributed by atoms with van der Waals surface area (Å²) in [6.07, 6.45) is 0. The second-order valence-electron chi connectivity index (χ2n) is 3.93. The Morgan fingerprint density at radius 3 is 2.65 bits per heavy atom. The molecule has 2 N–H and O–H groups in total. The van der Waals surface area contributed by atoms with E-state index in [4.69, 9.17) is 23.2 Å². The van der Waals surface area contributed by atoms with E-state index in [9.17, 15) is 5.11 Å². The molecule has 0 aliphatic heterocycles. The lowest BCUT2D eigenvalue weighted by Crippen LogP contribution is -1.79. The van der Waals surface area contributed by atoms with Crippen LogP contribution in [0.1, 0.15) is 0 Å². The number of nitrogens with one attached hydrogen (secondary N) is 1. The van der Waals surface area contributed by atoms with Gasteiger partial charge in [-0.2, -0.15) is 0 Å². The van der Waals surface area contributed by atoms with Gasteiger partial charge in [0.05, 0.1) is 5.52 Å². The van der Waals surface area contributed by atoms with Crippen LogP contribution in [-0.2, 0) is 0 Å².